The lowest BCUT2D eigenvalue weighted by molar-refractivity contribution is -0.123. The number of methoxy groups -OCH3 is 1. The van der Waals surface area contributed by atoms with Crippen LogP contribution in [0.4, 0.5) is 0 Å². The monoisotopic (exact) mass is 547 g/mol. The van der Waals surface area contributed by atoms with E-state index in [4.69, 9.17) is 4.74 Å². The summed E-state index contributed by atoms with van der Waals surface area (Å²) >= 11 is 1.59. The number of aliphatic hydroxyl groups excluding tert-OH is 1. The normalized spacial score (nSPS) is 11.7. The zero-order valence-corrected chi connectivity index (χ0v) is 24.9. The summed E-state index contributed by atoms with van der Waals surface area (Å²) in [6.07, 6.45) is 4.68. The summed E-state index contributed by atoms with van der Waals surface area (Å²) in [6.45, 7) is 11.5. The van der Waals surface area contributed by atoms with Gasteiger partial charge in [-0.1, -0.05) is 84.2 Å². The maximum atomic E-state index is 12.3. The minimum absolute atomic E-state index is 0.123. The van der Waals surface area contributed by atoms with Gasteiger partial charge in [0, 0.05) is 18.0 Å². The number of unbranched alkanes of at least 4 members (excludes halogenated alkanes) is 2. The molecule has 2 aromatic carbocycles. The van der Waals surface area contributed by atoms with Crippen LogP contribution in [0.1, 0.15) is 65.9 Å². The van der Waals surface area contributed by atoms with Crippen LogP contribution in [0.15, 0.2) is 59.5 Å². The number of nitrogens with one attached hydrogen (secondary N) is 2. The molecule has 0 aliphatic heterocycles. The molecule has 0 bridgehead atoms. The van der Waals surface area contributed by atoms with E-state index in [1.807, 2.05) is 68.4 Å². The van der Waals surface area contributed by atoms with E-state index in [0.29, 0.717) is 19.4 Å². The Morgan fingerprint density at radius 2 is 1.68 bits per heavy atom. The zero-order valence-electron chi connectivity index (χ0n) is 24.1. The lowest BCUT2D eigenvalue weighted by Crippen LogP contribution is -2.50. The van der Waals surface area contributed by atoms with Crippen LogP contribution < -0.4 is 15.4 Å². The van der Waals surface area contributed by atoms with Gasteiger partial charge >= 0.3 is 0 Å². The van der Waals surface area contributed by atoms with Crippen molar-refractivity contribution in [3.8, 4) is 5.75 Å². The number of benzene rings is 2. The average molecular weight is 548 g/mol. The van der Waals surface area contributed by atoms with E-state index in [-0.39, 0.29) is 12.5 Å². The molecule has 0 fully saturated rings. The van der Waals surface area contributed by atoms with Crippen LogP contribution >= 0.6 is 11.9 Å². The minimum atomic E-state index is -0.794. The van der Waals surface area contributed by atoms with Crippen molar-refractivity contribution in [3.63, 3.8) is 0 Å². The maximum absolute atomic E-state index is 12.3. The molecule has 0 aliphatic carbocycles. The quantitative estimate of drug-likeness (QED) is 0.147. The first-order chi connectivity index (χ1) is 18.5. The first-order valence-corrected chi connectivity index (χ1v) is 14.5. The lowest BCUT2D eigenvalue weighted by atomic mass is 10.0. The molecule has 0 spiro atoms. The van der Waals surface area contributed by atoms with E-state index in [9.17, 15) is 14.7 Å². The van der Waals surface area contributed by atoms with Crippen molar-refractivity contribution >= 4 is 24.3 Å². The first-order valence-electron chi connectivity index (χ1n) is 13.7. The zero-order chi connectivity index (χ0) is 28.6. The number of nitrogens with zero attached hydrogens (tertiary/aromatic N) is 1. The molecule has 2 rings (SSSR count). The summed E-state index contributed by atoms with van der Waals surface area (Å²) in [6, 6.07) is 17.1. The number of hydrogen-bond acceptors (Lipinski definition) is 6. The molecule has 38 heavy (non-hydrogen) atoms. The highest BCUT2D eigenvalue weighted by Crippen LogP contribution is 2.26. The van der Waals surface area contributed by atoms with E-state index in [1.165, 1.54) is 6.42 Å². The van der Waals surface area contributed by atoms with Crippen LogP contribution in [-0.2, 0) is 16.0 Å². The molecule has 8 heteroatoms. The summed E-state index contributed by atoms with van der Waals surface area (Å²) in [5, 5.41) is 16.4. The Balaban J connectivity index is 0.00000255. The highest BCUT2D eigenvalue weighted by Gasteiger charge is 2.24. The van der Waals surface area contributed by atoms with Gasteiger partial charge < -0.3 is 20.5 Å². The van der Waals surface area contributed by atoms with Crippen molar-refractivity contribution in [1.29, 1.82) is 0 Å². The summed E-state index contributed by atoms with van der Waals surface area (Å²) in [7, 11) is 1.64. The molecule has 0 saturated heterocycles. The van der Waals surface area contributed by atoms with Crippen LogP contribution in [0.3, 0.4) is 0 Å². The third-order valence-corrected chi connectivity index (χ3v) is 6.22. The Morgan fingerprint density at radius 3 is 2.24 bits per heavy atom. The molecule has 0 aliphatic rings. The summed E-state index contributed by atoms with van der Waals surface area (Å²) < 4.78 is 7.39. The van der Waals surface area contributed by atoms with Crippen molar-refractivity contribution < 1.29 is 19.4 Å². The van der Waals surface area contributed by atoms with Gasteiger partial charge in [0.15, 0.2) is 0 Å². The van der Waals surface area contributed by atoms with E-state index < -0.39 is 12.1 Å². The second-order valence-corrected chi connectivity index (χ2v) is 9.67. The van der Waals surface area contributed by atoms with E-state index >= 15 is 0 Å². The van der Waals surface area contributed by atoms with Crippen molar-refractivity contribution in [2.75, 3.05) is 26.7 Å². The van der Waals surface area contributed by atoms with Crippen LogP contribution in [0, 0.1) is 0 Å². The fourth-order valence-electron chi connectivity index (χ4n) is 3.38. The molecule has 7 nitrogen and oxygen atoms in total. The smallest absolute Gasteiger partial charge is 0.239 e. The third-order valence-electron chi connectivity index (χ3n) is 5.15. The van der Waals surface area contributed by atoms with Crippen LogP contribution in [0.5, 0.6) is 5.75 Å². The predicted octanol–water partition coefficient (Wildman–Crippen LogP) is 5.47. The Kier molecular flexibility index (Phi) is 22.0. The largest absolute Gasteiger partial charge is 0.497 e. The van der Waals surface area contributed by atoms with Crippen LogP contribution in [0.2, 0.25) is 0 Å². The van der Waals surface area contributed by atoms with E-state index in [0.717, 1.165) is 42.0 Å². The Bertz CT molecular complexity index is 837. The Morgan fingerprint density at radius 1 is 1.05 bits per heavy atom. The number of carbonyl (C=O) groups is 2. The van der Waals surface area contributed by atoms with Gasteiger partial charge in [-0.05, 0) is 54.6 Å². The topological polar surface area (TPSA) is 90.9 Å². The fourth-order valence-corrected chi connectivity index (χ4v) is 4.38. The summed E-state index contributed by atoms with van der Waals surface area (Å²) in [5.41, 5.74) is 1.02. The maximum Gasteiger partial charge on any atom is 0.239 e. The van der Waals surface area contributed by atoms with Crippen molar-refractivity contribution in [2.24, 2.45) is 0 Å². The standard InChI is InChI=1S/C25H35N3O4S.C3H8.C2H6/c1-3-4-8-15-28(33-22-13-11-21(32-2)12-14-22)18-24(30)23(27-25(31)17-26-19-29)16-20-9-6-5-7-10-20;1-3-2;1-2/h5-7,9-14,19,23-24,30H,3-4,8,15-18H2,1-2H3,(H,26,29)(H,27,31);3H2,1-2H3;1-2H3. The number of hydrogen-bond donors (Lipinski definition) is 3. The summed E-state index contributed by atoms with van der Waals surface area (Å²) in [4.78, 5) is 23.9. The number of amides is 2. The van der Waals surface area contributed by atoms with Crippen molar-refractivity contribution in [3.05, 3.63) is 60.2 Å². The highest BCUT2D eigenvalue weighted by atomic mass is 32.2. The highest BCUT2D eigenvalue weighted by molar-refractivity contribution is 7.97. The molecular weight excluding hydrogens is 498 g/mol. The lowest BCUT2D eigenvalue weighted by Gasteiger charge is -2.29. The van der Waals surface area contributed by atoms with Gasteiger partial charge in [-0.25, -0.2) is 4.31 Å². The Labute approximate surface area is 234 Å². The average Bonchev–Trinajstić information content (AvgIpc) is 2.94. The van der Waals surface area contributed by atoms with Gasteiger partial charge in [0.1, 0.15) is 5.75 Å². The molecule has 0 radical (unpaired) electrons. The van der Waals surface area contributed by atoms with Gasteiger partial charge in [0.2, 0.25) is 12.3 Å². The van der Waals surface area contributed by atoms with Crippen molar-refractivity contribution in [2.45, 2.75) is 83.8 Å². The minimum Gasteiger partial charge on any atom is -0.497 e. The molecule has 3 N–H and O–H groups in total. The first kappa shape index (κ1) is 35.5. The molecule has 0 saturated carbocycles. The molecular formula is C30H49N3O4S. The molecule has 0 heterocycles. The van der Waals surface area contributed by atoms with Gasteiger partial charge in [-0.15, -0.1) is 0 Å². The van der Waals surface area contributed by atoms with Gasteiger partial charge in [-0.2, -0.15) is 0 Å². The second-order valence-electron chi connectivity index (χ2n) is 8.50. The molecule has 2 amide bonds. The number of rotatable bonds is 16. The number of carbonyl (C=O) groups excluding carboxylic acids is 2. The van der Waals surface area contributed by atoms with E-state index in [1.54, 1.807) is 19.1 Å². The molecule has 0 aromatic heterocycles. The van der Waals surface area contributed by atoms with Crippen LogP contribution in [-0.4, -0.2) is 60.6 Å². The summed E-state index contributed by atoms with van der Waals surface area (Å²) in [5.74, 6) is 0.467. The Hall–Kier alpha value is -2.55. The second kappa shape index (κ2) is 23.6. The number of ether oxygens (including phenoxy) is 1. The molecule has 214 valence electrons. The van der Waals surface area contributed by atoms with Gasteiger partial charge in [-0.3, -0.25) is 9.59 Å². The van der Waals surface area contributed by atoms with E-state index in [2.05, 4.69) is 35.7 Å². The predicted molar refractivity (Wildman–Crippen MR) is 159 cm³/mol. The van der Waals surface area contributed by atoms with Crippen LogP contribution in [0.25, 0.3) is 0 Å². The fraction of sp³-hybridized carbons (Fsp3) is 0.533. The molecule has 2 atom stereocenters. The SMILES string of the molecule is CC.CCC.CCCCCN(CC(O)C(Cc1ccccc1)NC(=O)CNC=O)Sc1ccc(OC)cc1. The van der Waals surface area contributed by atoms with Gasteiger partial charge in [0.25, 0.3) is 0 Å². The molecule has 2 unspecified atom stereocenters. The molecule has 2 aromatic rings. The van der Waals surface area contributed by atoms with Crippen molar-refractivity contribution in [1.82, 2.24) is 14.9 Å². The third kappa shape index (κ3) is 16.3. The van der Waals surface area contributed by atoms with Gasteiger partial charge in [0.05, 0.1) is 25.8 Å². The number of aliphatic hydroxyl groups is 1.